The highest BCUT2D eigenvalue weighted by Crippen LogP contribution is 2.20. The van der Waals surface area contributed by atoms with E-state index in [1.807, 2.05) is 43.3 Å². The van der Waals surface area contributed by atoms with Crippen LogP contribution < -0.4 is 0 Å². The summed E-state index contributed by atoms with van der Waals surface area (Å²) in [7, 11) is 3.77. The van der Waals surface area contributed by atoms with Gasteiger partial charge in [0.1, 0.15) is 5.84 Å². The van der Waals surface area contributed by atoms with Gasteiger partial charge in [0.25, 0.3) is 0 Å². The lowest BCUT2D eigenvalue weighted by Gasteiger charge is -2.14. The lowest BCUT2D eigenvalue weighted by atomic mass is 10.1. The SMILES string of the molecule is C/C(=N\O)c1ccccc1N=C(CCl)N(C)C. The van der Waals surface area contributed by atoms with Gasteiger partial charge in [-0.1, -0.05) is 23.4 Å². The Morgan fingerprint density at radius 3 is 2.53 bits per heavy atom. The second kappa shape index (κ2) is 6.25. The summed E-state index contributed by atoms with van der Waals surface area (Å²) in [6, 6.07) is 7.48. The normalized spacial score (nSPS) is 12.7. The van der Waals surface area contributed by atoms with Crippen molar-refractivity contribution in [3.05, 3.63) is 29.8 Å². The summed E-state index contributed by atoms with van der Waals surface area (Å²) in [5, 5.41) is 12.0. The van der Waals surface area contributed by atoms with E-state index in [9.17, 15) is 0 Å². The molecule has 0 atom stereocenters. The van der Waals surface area contributed by atoms with E-state index in [4.69, 9.17) is 16.8 Å². The minimum atomic E-state index is 0.330. The highest BCUT2D eigenvalue weighted by molar-refractivity contribution is 6.28. The average molecular weight is 254 g/mol. The Morgan fingerprint density at radius 2 is 2.00 bits per heavy atom. The number of rotatable bonds is 3. The summed E-state index contributed by atoms with van der Waals surface area (Å²) in [5.41, 5.74) is 2.06. The van der Waals surface area contributed by atoms with Crippen molar-refractivity contribution >= 4 is 28.8 Å². The predicted octanol–water partition coefficient (Wildman–Crippen LogP) is 2.72. The van der Waals surface area contributed by atoms with Gasteiger partial charge in [0.15, 0.2) is 0 Å². The molecule has 1 aromatic rings. The number of aliphatic imine (C=N–C) groups is 1. The second-order valence-electron chi connectivity index (χ2n) is 3.76. The van der Waals surface area contributed by atoms with Crippen LogP contribution in [-0.4, -0.2) is 41.6 Å². The van der Waals surface area contributed by atoms with Crippen molar-refractivity contribution in [1.82, 2.24) is 4.90 Å². The summed E-state index contributed by atoms with van der Waals surface area (Å²) in [6.45, 7) is 1.73. The van der Waals surface area contributed by atoms with Gasteiger partial charge in [-0.25, -0.2) is 4.99 Å². The Balaban J connectivity index is 3.23. The Kier molecular flexibility index (Phi) is 4.97. The highest BCUT2D eigenvalue weighted by atomic mass is 35.5. The van der Waals surface area contributed by atoms with Crippen LogP contribution in [0.3, 0.4) is 0 Å². The van der Waals surface area contributed by atoms with Crippen LogP contribution in [-0.2, 0) is 0 Å². The van der Waals surface area contributed by atoms with E-state index in [0.717, 1.165) is 17.1 Å². The molecule has 0 aliphatic carbocycles. The van der Waals surface area contributed by atoms with Gasteiger partial charge in [-0.15, -0.1) is 11.6 Å². The number of hydrogen-bond acceptors (Lipinski definition) is 3. The topological polar surface area (TPSA) is 48.2 Å². The molecule has 1 aromatic carbocycles. The van der Waals surface area contributed by atoms with Gasteiger partial charge in [-0.05, 0) is 13.0 Å². The van der Waals surface area contributed by atoms with E-state index in [1.54, 1.807) is 6.92 Å². The van der Waals surface area contributed by atoms with Crippen molar-refractivity contribution in [2.24, 2.45) is 10.1 Å². The maximum Gasteiger partial charge on any atom is 0.119 e. The zero-order chi connectivity index (χ0) is 12.8. The van der Waals surface area contributed by atoms with Crippen molar-refractivity contribution in [3.8, 4) is 0 Å². The minimum absolute atomic E-state index is 0.330. The Bertz CT molecular complexity index is 441. The lowest BCUT2D eigenvalue weighted by Crippen LogP contribution is -2.23. The fraction of sp³-hybridized carbons (Fsp3) is 0.333. The molecular formula is C12H16ClN3O. The number of amidine groups is 1. The summed E-state index contributed by atoms with van der Waals surface area (Å²) in [6.07, 6.45) is 0. The molecule has 1 rings (SSSR count). The zero-order valence-electron chi connectivity index (χ0n) is 10.2. The van der Waals surface area contributed by atoms with Gasteiger partial charge in [-0.3, -0.25) is 0 Å². The average Bonchev–Trinajstić information content (AvgIpc) is 2.35. The number of halogens is 1. The molecule has 0 saturated heterocycles. The molecular weight excluding hydrogens is 238 g/mol. The third-order valence-electron chi connectivity index (χ3n) is 2.33. The molecule has 0 aliphatic rings. The number of oxime groups is 1. The van der Waals surface area contributed by atoms with Crippen LogP contribution in [0.25, 0.3) is 0 Å². The standard InChI is InChI=1S/C12H16ClN3O/c1-9(15-17)10-6-4-5-7-11(10)14-12(8-13)16(2)3/h4-7,17H,8H2,1-3H3/b14-12?,15-9+. The molecule has 0 saturated carbocycles. The number of benzene rings is 1. The molecule has 17 heavy (non-hydrogen) atoms. The maximum atomic E-state index is 8.82. The van der Waals surface area contributed by atoms with E-state index >= 15 is 0 Å². The molecule has 0 fully saturated rings. The molecule has 1 N–H and O–H groups in total. The number of hydrogen-bond donors (Lipinski definition) is 1. The molecule has 0 amide bonds. The number of para-hydroxylation sites is 1. The third kappa shape index (κ3) is 3.46. The van der Waals surface area contributed by atoms with E-state index < -0.39 is 0 Å². The van der Waals surface area contributed by atoms with Crippen LogP contribution in [0.15, 0.2) is 34.4 Å². The first-order valence-electron chi connectivity index (χ1n) is 5.19. The highest BCUT2D eigenvalue weighted by Gasteiger charge is 2.06. The Hall–Kier alpha value is -1.55. The minimum Gasteiger partial charge on any atom is -0.411 e. The van der Waals surface area contributed by atoms with Crippen LogP contribution in [0, 0.1) is 0 Å². The predicted molar refractivity (Wildman–Crippen MR) is 71.9 cm³/mol. The Morgan fingerprint density at radius 1 is 1.35 bits per heavy atom. The fourth-order valence-electron chi connectivity index (χ4n) is 1.32. The van der Waals surface area contributed by atoms with Gasteiger partial charge in [0.2, 0.25) is 0 Å². The third-order valence-corrected chi connectivity index (χ3v) is 2.57. The number of nitrogens with zero attached hydrogens (tertiary/aromatic N) is 3. The zero-order valence-corrected chi connectivity index (χ0v) is 10.9. The molecule has 4 nitrogen and oxygen atoms in total. The summed E-state index contributed by atoms with van der Waals surface area (Å²) < 4.78 is 0. The van der Waals surface area contributed by atoms with Gasteiger partial charge in [0, 0.05) is 19.7 Å². The van der Waals surface area contributed by atoms with Gasteiger partial charge >= 0.3 is 0 Å². The first-order valence-corrected chi connectivity index (χ1v) is 5.72. The summed E-state index contributed by atoms with van der Waals surface area (Å²) in [4.78, 5) is 6.32. The van der Waals surface area contributed by atoms with Gasteiger partial charge < -0.3 is 10.1 Å². The van der Waals surface area contributed by atoms with Crippen LogP contribution >= 0.6 is 11.6 Å². The monoisotopic (exact) mass is 253 g/mol. The van der Waals surface area contributed by atoms with E-state index in [2.05, 4.69) is 10.1 Å². The molecule has 0 radical (unpaired) electrons. The number of alkyl halides is 1. The quantitative estimate of drug-likeness (QED) is 0.296. The van der Waals surface area contributed by atoms with Crippen LogP contribution in [0.5, 0.6) is 0 Å². The second-order valence-corrected chi connectivity index (χ2v) is 4.03. The fourth-order valence-corrected chi connectivity index (χ4v) is 1.62. The molecule has 0 aromatic heterocycles. The van der Waals surface area contributed by atoms with E-state index in [-0.39, 0.29) is 0 Å². The van der Waals surface area contributed by atoms with Crippen molar-refractivity contribution in [1.29, 1.82) is 0 Å². The maximum absolute atomic E-state index is 8.82. The molecule has 5 heteroatoms. The van der Waals surface area contributed by atoms with E-state index in [1.165, 1.54) is 0 Å². The lowest BCUT2D eigenvalue weighted by molar-refractivity contribution is 0.319. The van der Waals surface area contributed by atoms with Crippen molar-refractivity contribution in [2.45, 2.75) is 6.92 Å². The molecule has 0 heterocycles. The first kappa shape index (κ1) is 13.5. The van der Waals surface area contributed by atoms with E-state index in [0.29, 0.717) is 11.6 Å². The van der Waals surface area contributed by atoms with Crippen LogP contribution in [0.1, 0.15) is 12.5 Å². The Labute approximate surface area is 106 Å². The van der Waals surface area contributed by atoms with Crippen molar-refractivity contribution in [2.75, 3.05) is 20.0 Å². The molecule has 0 aliphatic heterocycles. The van der Waals surface area contributed by atoms with Gasteiger partial charge in [0.05, 0.1) is 17.3 Å². The van der Waals surface area contributed by atoms with Crippen molar-refractivity contribution < 1.29 is 5.21 Å². The largest absolute Gasteiger partial charge is 0.411 e. The molecule has 0 bridgehead atoms. The van der Waals surface area contributed by atoms with Gasteiger partial charge in [-0.2, -0.15) is 0 Å². The van der Waals surface area contributed by atoms with Crippen molar-refractivity contribution in [3.63, 3.8) is 0 Å². The smallest absolute Gasteiger partial charge is 0.119 e. The summed E-state index contributed by atoms with van der Waals surface area (Å²) >= 11 is 5.83. The van der Waals surface area contributed by atoms with Crippen LogP contribution in [0.4, 0.5) is 5.69 Å². The summed E-state index contributed by atoms with van der Waals surface area (Å²) in [5.74, 6) is 1.08. The van der Waals surface area contributed by atoms with Crippen LogP contribution in [0.2, 0.25) is 0 Å². The first-order chi connectivity index (χ1) is 8.10. The molecule has 0 unspecified atom stereocenters. The molecule has 0 spiro atoms. The molecule has 92 valence electrons.